The van der Waals surface area contributed by atoms with Crippen LogP contribution in [0.2, 0.25) is 0 Å². The van der Waals surface area contributed by atoms with Gasteiger partial charge in [0.25, 0.3) is 5.56 Å². The van der Waals surface area contributed by atoms with Gasteiger partial charge >= 0.3 is 6.09 Å². The van der Waals surface area contributed by atoms with Crippen molar-refractivity contribution in [2.24, 2.45) is 5.92 Å². The molecule has 1 unspecified atom stereocenters. The maximum Gasteiger partial charge on any atom is 0.408 e. The molecule has 0 saturated carbocycles. The Morgan fingerprint density at radius 3 is 2.33 bits per heavy atom. The Hall–Kier alpha value is -4.00. The number of carbonyl (C=O) groups excluding carboxylic acids is 1. The van der Waals surface area contributed by atoms with Gasteiger partial charge in [0.2, 0.25) is 0 Å². The quantitative estimate of drug-likeness (QED) is 0.457. The second kappa shape index (κ2) is 10.1. The summed E-state index contributed by atoms with van der Waals surface area (Å²) in [5, 5.41) is 3.36. The van der Waals surface area contributed by atoms with Crippen LogP contribution in [0.15, 0.2) is 83.9 Å². The SMILES string of the molecule is CC(C)C(NC(=O)OCc1ccccc1)c1nc2ccncc2c(=O)n1Cc1ccccc1. The molecule has 1 atom stereocenters. The van der Waals surface area contributed by atoms with Crippen LogP contribution in [0.25, 0.3) is 10.9 Å². The van der Waals surface area contributed by atoms with Gasteiger partial charge in [-0.15, -0.1) is 0 Å². The van der Waals surface area contributed by atoms with Crippen molar-refractivity contribution < 1.29 is 9.53 Å². The molecule has 4 rings (SSSR count). The van der Waals surface area contributed by atoms with E-state index in [4.69, 9.17) is 9.72 Å². The summed E-state index contributed by atoms with van der Waals surface area (Å²) in [5.74, 6) is 0.441. The Morgan fingerprint density at radius 1 is 1.00 bits per heavy atom. The number of fused-ring (bicyclic) bond motifs is 1. The van der Waals surface area contributed by atoms with E-state index in [1.807, 2.05) is 74.5 Å². The average molecular weight is 443 g/mol. The van der Waals surface area contributed by atoms with E-state index in [1.165, 1.54) is 6.20 Å². The molecule has 0 aliphatic rings. The molecular formula is C26H26N4O3. The van der Waals surface area contributed by atoms with Crippen LogP contribution in [0.1, 0.15) is 36.8 Å². The zero-order chi connectivity index (χ0) is 23.2. The molecule has 0 aliphatic carbocycles. The third-order valence-corrected chi connectivity index (χ3v) is 5.40. The van der Waals surface area contributed by atoms with Gasteiger partial charge in [-0.2, -0.15) is 0 Å². The van der Waals surface area contributed by atoms with E-state index >= 15 is 0 Å². The Balaban J connectivity index is 1.68. The first kappa shape index (κ1) is 22.2. The normalized spacial score (nSPS) is 12.0. The summed E-state index contributed by atoms with van der Waals surface area (Å²) < 4.78 is 7.04. The third-order valence-electron chi connectivity index (χ3n) is 5.40. The second-order valence-corrected chi connectivity index (χ2v) is 8.17. The van der Waals surface area contributed by atoms with E-state index in [2.05, 4.69) is 10.3 Å². The van der Waals surface area contributed by atoms with Gasteiger partial charge in [-0.25, -0.2) is 9.78 Å². The fourth-order valence-electron chi connectivity index (χ4n) is 3.66. The molecule has 1 N–H and O–H groups in total. The summed E-state index contributed by atoms with van der Waals surface area (Å²) in [5.41, 5.74) is 2.20. The van der Waals surface area contributed by atoms with Gasteiger partial charge in [-0.05, 0) is 23.1 Å². The molecule has 0 aliphatic heterocycles. The van der Waals surface area contributed by atoms with Gasteiger partial charge in [0.05, 0.1) is 23.5 Å². The van der Waals surface area contributed by atoms with Crippen LogP contribution in [-0.4, -0.2) is 20.6 Å². The number of benzene rings is 2. The number of aromatic nitrogens is 3. The Bertz CT molecular complexity index is 1290. The topological polar surface area (TPSA) is 86.1 Å². The number of nitrogens with zero attached hydrogens (tertiary/aromatic N) is 3. The molecule has 7 nitrogen and oxygen atoms in total. The van der Waals surface area contributed by atoms with Gasteiger partial charge in [0, 0.05) is 12.4 Å². The van der Waals surface area contributed by atoms with Crippen molar-refractivity contribution in [2.45, 2.75) is 33.0 Å². The maximum atomic E-state index is 13.4. The van der Waals surface area contributed by atoms with E-state index in [9.17, 15) is 9.59 Å². The van der Waals surface area contributed by atoms with E-state index in [0.717, 1.165) is 11.1 Å². The lowest BCUT2D eigenvalue weighted by Gasteiger charge is -2.25. The summed E-state index contributed by atoms with van der Waals surface area (Å²) in [6, 6.07) is 20.3. The molecule has 1 amide bonds. The average Bonchev–Trinajstić information content (AvgIpc) is 2.84. The standard InChI is InChI=1S/C26H26N4O3/c1-18(2)23(29-26(32)33-17-20-11-7-4-8-12-20)24-28-22-13-14-27-15-21(22)25(31)30(24)16-19-9-5-3-6-10-19/h3-15,18,23H,16-17H2,1-2H3,(H,29,32). The summed E-state index contributed by atoms with van der Waals surface area (Å²) >= 11 is 0. The molecule has 0 saturated heterocycles. The number of hydrogen-bond acceptors (Lipinski definition) is 5. The number of rotatable bonds is 7. The number of carbonyl (C=O) groups is 1. The lowest BCUT2D eigenvalue weighted by Crippen LogP contribution is -2.38. The second-order valence-electron chi connectivity index (χ2n) is 8.17. The maximum absolute atomic E-state index is 13.4. The molecule has 4 aromatic rings. The van der Waals surface area contributed by atoms with E-state index in [0.29, 0.717) is 23.3 Å². The van der Waals surface area contributed by atoms with Gasteiger partial charge in [-0.1, -0.05) is 74.5 Å². The van der Waals surface area contributed by atoms with E-state index in [1.54, 1.807) is 16.8 Å². The predicted molar refractivity (Wildman–Crippen MR) is 127 cm³/mol. The first-order valence-electron chi connectivity index (χ1n) is 10.9. The molecule has 0 fully saturated rings. The lowest BCUT2D eigenvalue weighted by molar-refractivity contribution is 0.131. The largest absolute Gasteiger partial charge is 0.445 e. The molecule has 168 valence electrons. The minimum absolute atomic E-state index is 0.0394. The molecule has 0 radical (unpaired) electrons. The highest BCUT2D eigenvalue weighted by molar-refractivity contribution is 5.76. The summed E-state index contributed by atoms with van der Waals surface area (Å²) in [6.45, 7) is 4.43. The summed E-state index contributed by atoms with van der Waals surface area (Å²) in [7, 11) is 0. The highest BCUT2D eigenvalue weighted by Gasteiger charge is 2.25. The Kier molecular flexibility index (Phi) is 6.78. The summed E-state index contributed by atoms with van der Waals surface area (Å²) in [6.07, 6.45) is 2.57. The van der Waals surface area contributed by atoms with Crippen molar-refractivity contribution in [1.29, 1.82) is 0 Å². The molecule has 33 heavy (non-hydrogen) atoms. The fraction of sp³-hybridized carbons (Fsp3) is 0.231. The molecule has 2 aromatic heterocycles. The van der Waals surface area contributed by atoms with Crippen LogP contribution in [-0.2, 0) is 17.9 Å². The fourth-order valence-corrected chi connectivity index (χ4v) is 3.66. The van der Waals surface area contributed by atoms with Crippen molar-refractivity contribution in [3.8, 4) is 0 Å². The number of alkyl carbamates (subject to hydrolysis) is 1. The number of nitrogens with one attached hydrogen (secondary N) is 1. The van der Waals surface area contributed by atoms with Gasteiger partial charge in [-0.3, -0.25) is 14.3 Å². The minimum Gasteiger partial charge on any atom is -0.445 e. The van der Waals surface area contributed by atoms with Crippen LogP contribution in [0.3, 0.4) is 0 Å². The minimum atomic E-state index is -0.562. The highest BCUT2D eigenvalue weighted by atomic mass is 16.5. The highest BCUT2D eigenvalue weighted by Crippen LogP contribution is 2.22. The van der Waals surface area contributed by atoms with Crippen molar-refractivity contribution >= 4 is 17.0 Å². The molecule has 0 bridgehead atoms. The zero-order valence-corrected chi connectivity index (χ0v) is 18.6. The molecular weight excluding hydrogens is 416 g/mol. The van der Waals surface area contributed by atoms with Crippen LogP contribution in [0.5, 0.6) is 0 Å². The van der Waals surface area contributed by atoms with Crippen LogP contribution >= 0.6 is 0 Å². The smallest absolute Gasteiger partial charge is 0.408 e. The van der Waals surface area contributed by atoms with Crippen LogP contribution in [0.4, 0.5) is 4.79 Å². The molecule has 2 aromatic carbocycles. The van der Waals surface area contributed by atoms with Crippen molar-refractivity contribution in [3.05, 3.63) is 106 Å². The Labute approximate surface area is 192 Å². The number of pyridine rings is 1. The molecule has 2 heterocycles. The van der Waals surface area contributed by atoms with Crippen molar-refractivity contribution in [1.82, 2.24) is 19.9 Å². The van der Waals surface area contributed by atoms with Crippen LogP contribution < -0.4 is 10.9 Å². The summed E-state index contributed by atoms with van der Waals surface area (Å²) in [4.78, 5) is 34.9. The van der Waals surface area contributed by atoms with Gasteiger partial charge in [0.1, 0.15) is 12.4 Å². The van der Waals surface area contributed by atoms with E-state index in [-0.39, 0.29) is 18.1 Å². The molecule has 0 spiro atoms. The monoisotopic (exact) mass is 442 g/mol. The van der Waals surface area contributed by atoms with Gasteiger partial charge < -0.3 is 10.1 Å². The number of amides is 1. The number of hydrogen-bond donors (Lipinski definition) is 1. The predicted octanol–water partition coefficient (Wildman–Crippen LogP) is 4.46. The van der Waals surface area contributed by atoms with Crippen molar-refractivity contribution in [2.75, 3.05) is 0 Å². The van der Waals surface area contributed by atoms with Gasteiger partial charge in [0.15, 0.2) is 0 Å². The first-order chi connectivity index (χ1) is 16.0. The zero-order valence-electron chi connectivity index (χ0n) is 18.6. The van der Waals surface area contributed by atoms with Crippen molar-refractivity contribution in [3.63, 3.8) is 0 Å². The van der Waals surface area contributed by atoms with Crippen LogP contribution in [0, 0.1) is 5.92 Å². The van der Waals surface area contributed by atoms with E-state index < -0.39 is 12.1 Å². The lowest BCUT2D eigenvalue weighted by atomic mass is 10.0. The third kappa shape index (κ3) is 5.26. The first-order valence-corrected chi connectivity index (χ1v) is 10.9. The molecule has 7 heteroatoms. The number of ether oxygens (including phenoxy) is 1. The Morgan fingerprint density at radius 2 is 1.67 bits per heavy atom.